The van der Waals surface area contributed by atoms with Gasteiger partial charge in [-0.25, -0.2) is 18.9 Å². The Morgan fingerprint density at radius 3 is 2.48 bits per heavy atom. The highest BCUT2D eigenvalue weighted by Gasteiger charge is 2.16. The van der Waals surface area contributed by atoms with Crippen molar-refractivity contribution in [3.8, 4) is 0 Å². The molecule has 3 aromatic rings. The molecule has 0 bridgehead atoms. The summed E-state index contributed by atoms with van der Waals surface area (Å²) in [5.41, 5.74) is 1.55. The van der Waals surface area contributed by atoms with Crippen LogP contribution in [0.1, 0.15) is 29.4 Å². The van der Waals surface area contributed by atoms with E-state index in [1.54, 1.807) is 24.3 Å². The normalized spacial score (nSPS) is 11.2. The summed E-state index contributed by atoms with van der Waals surface area (Å²) in [6, 6.07) is 10.00. The van der Waals surface area contributed by atoms with Crippen LogP contribution in [0.3, 0.4) is 0 Å². The first kappa shape index (κ1) is 18.4. The van der Waals surface area contributed by atoms with Gasteiger partial charge in [0.05, 0.1) is 17.2 Å². The van der Waals surface area contributed by atoms with Gasteiger partial charge in [-0.2, -0.15) is 10.2 Å². The minimum absolute atomic E-state index is 0.00445. The van der Waals surface area contributed by atoms with E-state index in [-0.39, 0.29) is 16.8 Å². The van der Waals surface area contributed by atoms with Crippen molar-refractivity contribution < 1.29 is 13.6 Å². The smallest absolute Gasteiger partial charge is 0.267 e. The first-order valence-electron chi connectivity index (χ1n) is 8.30. The van der Waals surface area contributed by atoms with E-state index in [1.807, 2.05) is 6.92 Å². The van der Waals surface area contributed by atoms with E-state index in [9.17, 15) is 18.4 Å². The van der Waals surface area contributed by atoms with Gasteiger partial charge in [-0.1, -0.05) is 31.2 Å². The standard InChI is InChI=1S/C19H16F2N4O2/c1-2-10-25-19(27)13-7-4-3-6-12(13)17(24-25)18(26)23-22-11-14-15(20)8-5-9-16(14)21/h3-9,11H,2,10H2,1H3,(H,23,26)/b22-11-. The topological polar surface area (TPSA) is 76.3 Å². The van der Waals surface area contributed by atoms with E-state index in [0.717, 1.165) is 18.3 Å². The predicted octanol–water partition coefficient (Wildman–Crippen LogP) is 2.85. The van der Waals surface area contributed by atoms with Gasteiger partial charge in [-0.05, 0) is 24.6 Å². The highest BCUT2D eigenvalue weighted by Crippen LogP contribution is 2.13. The summed E-state index contributed by atoms with van der Waals surface area (Å²) >= 11 is 0. The third-order valence-corrected chi connectivity index (χ3v) is 3.88. The van der Waals surface area contributed by atoms with Crippen molar-refractivity contribution in [1.82, 2.24) is 15.2 Å². The van der Waals surface area contributed by atoms with Gasteiger partial charge >= 0.3 is 0 Å². The van der Waals surface area contributed by atoms with E-state index in [0.29, 0.717) is 23.7 Å². The number of hydrogen-bond acceptors (Lipinski definition) is 4. The first-order chi connectivity index (χ1) is 13.0. The predicted molar refractivity (Wildman–Crippen MR) is 97.7 cm³/mol. The molecule has 0 saturated carbocycles. The van der Waals surface area contributed by atoms with E-state index in [4.69, 9.17) is 0 Å². The summed E-state index contributed by atoms with van der Waals surface area (Å²) in [5, 5.41) is 8.46. The number of carbonyl (C=O) groups is 1. The molecule has 1 heterocycles. The zero-order valence-corrected chi connectivity index (χ0v) is 14.4. The second-order valence-corrected chi connectivity index (χ2v) is 5.76. The van der Waals surface area contributed by atoms with Crippen molar-refractivity contribution in [3.05, 3.63) is 75.7 Å². The van der Waals surface area contributed by atoms with Crippen molar-refractivity contribution in [1.29, 1.82) is 0 Å². The molecule has 8 heteroatoms. The molecule has 3 rings (SSSR count). The SMILES string of the molecule is CCCn1nc(C(=O)N/N=C\c2c(F)cccc2F)c2ccccc2c1=O. The molecule has 0 atom stereocenters. The fourth-order valence-electron chi connectivity index (χ4n) is 2.61. The molecule has 138 valence electrons. The van der Waals surface area contributed by atoms with Crippen molar-refractivity contribution in [2.45, 2.75) is 19.9 Å². The Hall–Kier alpha value is -3.42. The van der Waals surface area contributed by atoms with Gasteiger partial charge in [0.1, 0.15) is 11.6 Å². The second kappa shape index (κ2) is 7.86. The summed E-state index contributed by atoms with van der Waals surface area (Å²) < 4.78 is 28.4. The molecule has 1 amide bonds. The molecule has 0 unspecified atom stereocenters. The summed E-state index contributed by atoms with van der Waals surface area (Å²) in [6.07, 6.45) is 1.55. The third-order valence-electron chi connectivity index (χ3n) is 3.88. The Balaban J connectivity index is 1.95. The lowest BCUT2D eigenvalue weighted by Crippen LogP contribution is -2.29. The lowest BCUT2D eigenvalue weighted by atomic mass is 10.1. The Bertz CT molecular complexity index is 1070. The number of hydrazone groups is 1. The number of aryl methyl sites for hydroxylation is 1. The maximum atomic E-state index is 13.6. The Labute approximate surface area is 153 Å². The Morgan fingerprint density at radius 1 is 1.15 bits per heavy atom. The molecule has 0 aliphatic heterocycles. The number of hydrogen-bond donors (Lipinski definition) is 1. The van der Waals surface area contributed by atoms with Crippen LogP contribution in [0.4, 0.5) is 8.78 Å². The van der Waals surface area contributed by atoms with Crippen LogP contribution < -0.4 is 11.0 Å². The monoisotopic (exact) mass is 370 g/mol. The molecule has 0 saturated heterocycles. The summed E-state index contributed by atoms with van der Waals surface area (Å²) in [4.78, 5) is 24.9. The number of benzene rings is 2. The van der Waals surface area contributed by atoms with Crippen molar-refractivity contribution in [3.63, 3.8) is 0 Å². The summed E-state index contributed by atoms with van der Waals surface area (Å²) in [6.45, 7) is 2.24. The highest BCUT2D eigenvalue weighted by molar-refractivity contribution is 6.04. The molecule has 1 aromatic heterocycles. The van der Waals surface area contributed by atoms with Crippen LogP contribution >= 0.6 is 0 Å². The second-order valence-electron chi connectivity index (χ2n) is 5.76. The molecule has 0 aliphatic carbocycles. The van der Waals surface area contributed by atoms with Crippen LogP contribution in [0.5, 0.6) is 0 Å². The summed E-state index contributed by atoms with van der Waals surface area (Å²) in [5.74, 6) is -2.29. The fraction of sp³-hybridized carbons (Fsp3) is 0.158. The first-order valence-corrected chi connectivity index (χ1v) is 8.30. The molecule has 0 radical (unpaired) electrons. The highest BCUT2D eigenvalue weighted by atomic mass is 19.1. The maximum Gasteiger partial charge on any atom is 0.292 e. The minimum Gasteiger partial charge on any atom is -0.267 e. The number of fused-ring (bicyclic) bond motifs is 1. The van der Waals surface area contributed by atoms with Crippen molar-refractivity contribution >= 4 is 22.9 Å². The van der Waals surface area contributed by atoms with E-state index in [2.05, 4.69) is 15.6 Å². The number of carbonyl (C=O) groups excluding carboxylic acids is 1. The van der Waals surface area contributed by atoms with Gasteiger partial charge < -0.3 is 0 Å². The Kier molecular flexibility index (Phi) is 5.35. The van der Waals surface area contributed by atoms with Crippen LogP contribution in [-0.4, -0.2) is 21.9 Å². The summed E-state index contributed by atoms with van der Waals surface area (Å²) in [7, 11) is 0. The van der Waals surface area contributed by atoms with E-state index >= 15 is 0 Å². The number of rotatable bonds is 5. The molecular weight excluding hydrogens is 354 g/mol. The van der Waals surface area contributed by atoms with Crippen LogP contribution in [0.2, 0.25) is 0 Å². The minimum atomic E-state index is -0.798. The van der Waals surface area contributed by atoms with Crippen LogP contribution in [0.25, 0.3) is 10.8 Å². The van der Waals surface area contributed by atoms with Gasteiger partial charge in [-0.15, -0.1) is 0 Å². The molecule has 0 fully saturated rings. The molecule has 2 aromatic carbocycles. The largest absolute Gasteiger partial charge is 0.292 e. The van der Waals surface area contributed by atoms with Gasteiger partial charge in [-0.3, -0.25) is 9.59 Å². The van der Waals surface area contributed by atoms with Crippen molar-refractivity contribution in [2.75, 3.05) is 0 Å². The zero-order chi connectivity index (χ0) is 19.4. The van der Waals surface area contributed by atoms with Gasteiger partial charge in [0.15, 0.2) is 5.69 Å². The lowest BCUT2D eigenvalue weighted by molar-refractivity contribution is 0.0949. The van der Waals surface area contributed by atoms with E-state index < -0.39 is 17.5 Å². The average Bonchev–Trinajstić information content (AvgIpc) is 2.66. The van der Waals surface area contributed by atoms with Gasteiger partial charge in [0.25, 0.3) is 11.5 Å². The fourth-order valence-corrected chi connectivity index (χ4v) is 2.61. The maximum absolute atomic E-state index is 13.6. The molecule has 1 N–H and O–H groups in total. The number of halogens is 2. The van der Waals surface area contributed by atoms with Crippen LogP contribution in [-0.2, 0) is 6.54 Å². The van der Waals surface area contributed by atoms with Gasteiger partial charge in [0.2, 0.25) is 0 Å². The number of aromatic nitrogens is 2. The Morgan fingerprint density at radius 2 is 1.81 bits per heavy atom. The van der Waals surface area contributed by atoms with Crippen LogP contribution in [0.15, 0.2) is 52.4 Å². The number of amides is 1. The van der Waals surface area contributed by atoms with E-state index in [1.165, 1.54) is 10.7 Å². The number of nitrogens with one attached hydrogen (secondary N) is 1. The molecular formula is C19H16F2N4O2. The quantitative estimate of drug-likeness (QED) is 0.554. The molecule has 0 aliphatic rings. The molecule has 0 spiro atoms. The molecule has 6 nitrogen and oxygen atoms in total. The van der Waals surface area contributed by atoms with Crippen molar-refractivity contribution in [2.24, 2.45) is 5.10 Å². The average molecular weight is 370 g/mol. The molecule has 27 heavy (non-hydrogen) atoms. The van der Waals surface area contributed by atoms with Crippen LogP contribution in [0, 0.1) is 11.6 Å². The lowest BCUT2D eigenvalue weighted by Gasteiger charge is -2.09. The number of nitrogens with zero attached hydrogens (tertiary/aromatic N) is 3. The third kappa shape index (κ3) is 3.74. The van der Waals surface area contributed by atoms with Gasteiger partial charge in [0, 0.05) is 11.9 Å². The zero-order valence-electron chi connectivity index (χ0n) is 14.4.